The molecular formula is C11H9N5O. The molecule has 0 amide bonds. The lowest BCUT2D eigenvalue weighted by molar-refractivity contribution is 0.771. The molecule has 6 nitrogen and oxygen atoms in total. The highest BCUT2D eigenvalue weighted by Gasteiger charge is 2.09. The number of fused-ring (bicyclic) bond motifs is 1. The quantitative estimate of drug-likeness (QED) is 0.666. The van der Waals surface area contributed by atoms with E-state index in [-0.39, 0.29) is 5.56 Å². The number of benzene rings is 1. The standard InChI is InChI=1S/C11H9N5O/c1-7-12-11-13-10(17)9(15-16(11)14-7)8-5-3-2-4-6-8/h2-6H,1H3,(H,12,13,14,17). The summed E-state index contributed by atoms with van der Waals surface area (Å²) in [6.07, 6.45) is 0. The minimum Gasteiger partial charge on any atom is -0.288 e. The van der Waals surface area contributed by atoms with Crippen LogP contribution in [0.15, 0.2) is 35.1 Å². The highest BCUT2D eigenvalue weighted by atomic mass is 16.1. The zero-order valence-electron chi connectivity index (χ0n) is 9.08. The highest BCUT2D eigenvalue weighted by Crippen LogP contribution is 2.10. The molecule has 0 saturated heterocycles. The predicted molar refractivity (Wildman–Crippen MR) is 61.6 cm³/mol. The smallest absolute Gasteiger partial charge is 0.279 e. The Kier molecular flexibility index (Phi) is 2.01. The van der Waals surface area contributed by atoms with Gasteiger partial charge >= 0.3 is 0 Å². The van der Waals surface area contributed by atoms with Crippen molar-refractivity contribution >= 4 is 5.78 Å². The van der Waals surface area contributed by atoms with Crippen molar-refractivity contribution in [3.8, 4) is 11.3 Å². The molecule has 6 heteroatoms. The molecule has 17 heavy (non-hydrogen) atoms. The van der Waals surface area contributed by atoms with E-state index in [1.807, 2.05) is 30.3 Å². The second-order valence-corrected chi connectivity index (χ2v) is 3.64. The lowest BCUT2D eigenvalue weighted by atomic mass is 10.2. The fraction of sp³-hybridized carbons (Fsp3) is 0.0909. The van der Waals surface area contributed by atoms with Crippen LogP contribution in [0.3, 0.4) is 0 Å². The van der Waals surface area contributed by atoms with Gasteiger partial charge in [0.25, 0.3) is 11.3 Å². The lowest BCUT2D eigenvalue weighted by Gasteiger charge is -1.98. The topological polar surface area (TPSA) is 75.9 Å². The highest BCUT2D eigenvalue weighted by molar-refractivity contribution is 5.57. The average molecular weight is 227 g/mol. The van der Waals surface area contributed by atoms with Gasteiger partial charge in [-0.25, -0.2) is 0 Å². The maximum atomic E-state index is 11.8. The van der Waals surface area contributed by atoms with Crippen LogP contribution in [0.2, 0.25) is 0 Å². The molecule has 3 aromatic rings. The van der Waals surface area contributed by atoms with Crippen LogP contribution in [0.1, 0.15) is 5.82 Å². The van der Waals surface area contributed by atoms with Gasteiger partial charge in [-0.2, -0.15) is 4.98 Å². The van der Waals surface area contributed by atoms with Gasteiger partial charge in [0.1, 0.15) is 0 Å². The van der Waals surface area contributed by atoms with E-state index in [0.717, 1.165) is 5.56 Å². The maximum Gasteiger partial charge on any atom is 0.279 e. The van der Waals surface area contributed by atoms with Crippen molar-refractivity contribution in [1.82, 2.24) is 24.8 Å². The molecule has 0 aliphatic heterocycles. The SMILES string of the molecule is Cc1nc2[nH]c(=O)c(-c3ccccc3)nn2n1. The minimum atomic E-state index is -0.267. The summed E-state index contributed by atoms with van der Waals surface area (Å²) in [6, 6.07) is 9.25. The third-order valence-corrected chi connectivity index (χ3v) is 2.38. The predicted octanol–water partition coefficient (Wildman–Crippen LogP) is 0.788. The Morgan fingerprint density at radius 1 is 1.18 bits per heavy atom. The van der Waals surface area contributed by atoms with Crippen molar-refractivity contribution in [3.63, 3.8) is 0 Å². The summed E-state index contributed by atoms with van der Waals surface area (Å²) in [5.41, 5.74) is 0.822. The summed E-state index contributed by atoms with van der Waals surface area (Å²) in [5, 5.41) is 8.23. The molecule has 0 aliphatic carbocycles. The summed E-state index contributed by atoms with van der Waals surface area (Å²) < 4.78 is 1.33. The number of aryl methyl sites for hydroxylation is 1. The van der Waals surface area contributed by atoms with Crippen LogP contribution in [0.4, 0.5) is 0 Å². The summed E-state index contributed by atoms with van der Waals surface area (Å²) in [4.78, 5) is 18.5. The van der Waals surface area contributed by atoms with Gasteiger partial charge in [-0.1, -0.05) is 30.3 Å². The van der Waals surface area contributed by atoms with Crippen molar-refractivity contribution < 1.29 is 0 Å². The number of nitrogens with zero attached hydrogens (tertiary/aromatic N) is 4. The normalized spacial score (nSPS) is 10.9. The van der Waals surface area contributed by atoms with Gasteiger partial charge in [0, 0.05) is 5.56 Å². The second-order valence-electron chi connectivity index (χ2n) is 3.64. The molecule has 1 N–H and O–H groups in total. The molecule has 0 aliphatic rings. The molecule has 0 radical (unpaired) electrons. The van der Waals surface area contributed by atoms with Crippen LogP contribution in [0.5, 0.6) is 0 Å². The van der Waals surface area contributed by atoms with Crippen molar-refractivity contribution in [2.45, 2.75) is 6.92 Å². The Bertz CT molecular complexity index is 728. The van der Waals surface area contributed by atoms with Crippen molar-refractivity contribution in [2.24, 2.45) is 0 Å². The number of aromatic amines is 1. The van der Waals surface area contributed by atoms with Crippen LogP contribution >= 0.6 is 0 Å². The van der Waals surface area contributed by atoms with E-state index >= 15 is 0 Å². The van der Waals surface area contributed by atoms with Gasteiger partial charge < -0.3 is 0 Å². The number of aromatic nitrogens is 5. The minimum absolute atomic E-state index is 0.267. The van der Waals surface area contributed by atoms with Crippen molar-refractivity contribution in [3.05, 3.63) is 46.5 Å². The van der Waals surface area contributed by atoms with Crippen molar-refractivity contribution in [2.75, 3.05) is 0 Å². The molecule has 0 spiro atoms. The molecule has 0 bridgehead atoms. The van der Waals surface area contributed by atoms with Gasteiger partial charge in [-0.3, -0.25) is 9.78 Å². The van der Waals surface area contributed by atoms with Crippen molar-refractivity contribution in [1.29, 1.82) is 0 Å². The number of H-pyrrole nitrogens is 1. The first-order valence-electron chi connectivity index (χ1n) is 5.13. The van der Waals surface area contributed by atoms with Crippen LogP contribution in [0, 0.1) is 6.92 Å². The summed E-state index contributed by atoms with van der Waals surface area (Å²) >= 11 is 0. The van der Waals surface area contributed by atoms with E-state index < -0.39 is 0 Å². The largest absolute Gasteiger partial charge is 0.288 e. The summed E-state index contributed by atoms with van der Waals surface area (Å²) in [7, 11) is 0. The average Bonchev–Trinajstić information content (AvgIpc) is 2.68. The molecule has 0 fully saturated rings. The van der Waals surface area contributed by atoms with Gasteiger partial charge in [-0.05, 0) is 6.92 Å². The van der Waals surface area contributed by atoms with Gasteiger partial charge in [-0.15, -0.1) is 14.8 Å². The fourth-order valence-electron chi connectivity index (χ4n) is 1.64. The number of rotatable bonds is 1. The summed E-state index contributed by atoms with van der Waals surface area (Å²) in [5.74, 6) is 0.922. The van der Waals surface area contributed by atoms with Gasteiger partial charge in [0.15, 0.2) is 11.5 Å². The Balaban J connectivity index is 2.30. The number of hydrogen-bond acceptors (Lipinski definition) is 4. The van der Waals surface area contributed by atoms with E-state index in [9.17, 15) is 4.79 Å². The molecule has 3 rings (SSSR count). The van der Waals surface area contributed by atoms with E-state index in [2.05, 4.69) is 20.2 Å². The molecule has 1 aromatic carbocycles. The maximum absolute atomic E-state index is 11.8. The zero-order valence-corrected chi connectivity index (χ0v) is 9.08. The Labute approximate surface area is 95.9 Å². The van der Waals surface area contributed by atoms with E-state index in [1.54, 1.807) is 6.92 Å². The first-order valence-corrected chi connectivity index (χ1v) is 5.13. The van der Waals surface area contributed by atoms with Gasteiger partial charge in [0.2, 0.25) is 0 Å². The third-order valence-electron chi connectivity index (χ3n) is 2.38. The molecule has 0 unspecified atom stereocenters. The second kappa shape index (κ2) is 3.51. The molecule has 0 atom stereocenters. The summed E-state index contributed by atoms with van der Waals surface area (Å²) in [6.45, 7) is 1.75. The van der Waals surface area contributed by atoms with Crippen LogP contribution in [-0.2, 0) is 0 Å². The number of hydrogen-bond donors (Lipinski definition) is 1. The lowest BCUT2D eigenvalue weighted by Crippen LogP contribution is -2.15. The molecule has 0 saturated carbocycles. The van der Waals surface area contributed by atoms with Crippen LogP contribution in [-0.4, -0.2) is 24.8 Å². The van der Waals surface area contributed by atoms with E-state index in [4.69, 9.17) is 0 Å². The third kappa shape index (κ3) is 1.59. The zero-order chi connectivity index (χ0) is 11.8. The Morgan fingerprint density at radius 2 is 1.94 bits per heavy atom. The molecule has 84 valence electrons. The van der Waals surface area contributed by atoms with E-state index in [0.29, 0.717) is 17.3 Å². The first kappa shape index (κ1) is 9.71. The molecule has 2 aromatic heterocycles. The Hall–Kier alpha value is -2.50. The monoisotopic (exact) mass is 227 g/mol. The Morgan fingerprint density at radius 3 is 2.71 bits per heavy atom. The first-order chi connectivity index (χ1) is 8.24. The van der Waals surface area contributed by atoms with Gasteiger partial charge in [0.05, 0.1) is 0 Å². The number of nitrogens with one attached hydrogen (secondary N) is 1. The fourth-order valence-corrected chi connectivity index (χ4v) is 1.64. The van der Waals surface area contributed by atoms with E-state index in [1.165, 1.54) is 4.63 Å². The molecule has 2 heterocycles. The van der Waals surface area contributed by atoms with Crippen LogP contribution in [0.25, 0.3) is 17.0 Å². The molecular weight excluding hydrogens is 218 g/mol. The van der Waals surface area contributed by atoms with Crippen LogP contribution < -0.4 is 5.56 Å².